The van der Waals surface area contributed by atoms with Gasteiger partial charge in [-0.15, -0.1) is 0 Å². The van der Waals surface area contributed by atoms with Crippen molar-refractivity contribution in [1.82, 2.24) is 0 Å². The summed E-state index contributed by atoms with van der Waals surface area (Å²) in [5.41, 5.74) is 2.93. The van der Waals surface area contributed by atoms with Gasteiger partial charge in [0.2, 0.25) is 0 Å². The first-order valence-electron chi connectivity index (χ1n) is 5.75. The van der Waals surface area contributed by atoms with Crippen molar-refractivity contribution < 1.29 is 9.50 Å². The second-order valence-electron chi connectivity index (χ2n) is 4.26. The summed E-state index contributed by atoms with van der Waals surface area (Å²) in [5, 5.41) is 9.25. The van der Waals surface area contributed by atoms with Gasteiger partial charge >= 0.3 is 0 Å². The van der Waals surface area contributed by atoms with Gasteiger partial charge in [0.05, 0.1) is 11.5 Å². The van der Waals surface area contributed by atoms with Crippen LogP contribution in [0, 0.1) is 19.7 Å². The third kappa shape index (κ3) is 2.74. The molecule has 2 aromatic rings. The summed E-state index contributed by atoms with van der Waals surface area (Å²) in [7, 11) is 0. The van der Waals surface area contributed by atoms with Gasteiger partial charge in [0.15, 0.2) is 0 Å². The first-order valence-corrected chi connectivity index (χ1v) is 6.57. The molecule has 0 unspecified atom stereocenters. The molecule has 2 rings (SSSR count). The zero-order chi connectivity index (χ0) is 13.1. The molecule has 0 saturated heterocycles. The quantitative estimate of drug-likeness (QED) is 0.899. The number of aryl methyl sites for hydroxylation is 2. The Hall–Kier alpha value is -1.32. The Kier molecular flexibility index (Phi) is 4.04. The molecule has 0 heterocycles. The standard InChI is InChI=1S/C15H15FOS/c1-10-6-7-14(11(2)8-10)18-15-12(9-17)4-3-5-13(15)16/h3-8,17H,9H2,1-2H3. The molecule has 0 aliphatic carbocycles. The molecule has 0 saturated carbocycles. The highest BCUT2D eigenvalue weighted by Gasteiger charge is 2.10. The molecule has 0 atom stereocenters. The van der Waals surface area contributed by atoms with Gasteiger partial charge < -0.3 is 5.11 Å². The van der Waals surface area contributed by atoms with Crippen molar-refractivity contribution in [1.29, 1.82) is 0 Å². The van der Waals surface area contributed by atoms with Crippen molar-refractivity contribution >= 4 is 11.8 Å². The molecule has 3 heteroatoms. The number of benzene rings is 2. The molecule has 94 valence electrons. The van der Waals surface area contributed by atoms with Crippen LogP contribution in [-0.2, 0) is 6.61 Å². The normalized spacial score (nSPS) is 10.7. The van der Waals surface area contributed by atoms with E-state index >= 15 is 0 Å². The fraction of sp³-hybridized carbons (Fsp3) is 0.200. The summed E-state index contributed by atoms with van der Waals surface area (Å²) >= 11 is 1.37. The number of halogens is 1. The van der Waals surface area contributed by atoms with Crippen molar-refractivity contribution in [3.63, 3.8) is 0 Å². The largest absolute Gasteiger partial charge is 0.392 e. The van der Waals surface area contributed by atoms with E-state index < -0.39 is 0 Å². The first-order chi connectivity index (χ1) is 8.61. The van der Waals surface area contributed by atoms with E-state index in [2.05, 4.69) is 6.07 Å². The van der Waals surface area contributed by atoms with E-state index in [1.807, 2.05) is 26.0 Å². The number of rotatable bonds is 3. The summed E-state index contributed by atoms with van der Waals surface area (Å²) in [6, 6.07) is 10.9. The summed E-state index contributed by atoms with van der Waals surface area (Å²) in [5.74, 6) is -0.286. The van der Waals surface area contributed by atoms with E-state index in [0.717, 1.165) is 10.5 Å². The number of hydrogen-bond acceptors (Lipinski definition) is 2. The van der Waals surface area contributed by atoms with Crippen LogP contribution in [0.3, 0.4) is 0 Å². The maximum absolute atomic E-state index is 13.8. The maximum Gasteiger partial charge on any atom is 0.137 e. The third-order valence-electron chi connectivity index (χ3n) is 2.76. The second kappa shape index (κ2) is 5.55. The molecule has 0 radical (unpaired) electrons. The fourth-order valence-electron chi connectivity index (χ4n) is 1.82. The van der Waals surface area contributed by atoms with Crippen LogP contribution in [0.4, 0.5) is 4.39 Å². The van der Waals surface area contributed by atoms with Crippen molar-refractivity contribution in [2.45, 2.75) is 30.2 Å². The Morgan fingerprint density at radius 3 is 2.61 bits per heavy atom. The fourth-order valence-corrected chi connectivity index (χ4v) is 2.82. The van der Waals surface area contributed by atoms with E-state index in [-0.39, 0.29) is 12.4 Å². The SMILES string of the molecule is Cc1ccc(Sc2c(F)cccc2CO)c(C)c1. The zero-order valence-electron chi connectivity index (χ0n) is 10.4. The van der Waals surface area contributed by atoms with E-state index in [0.29, 0.717) is 10.5 Å². The minimum Gasteiger partial charge on any atom is -0.392 e. The van der Waals surface area contributed by atoms with Crippen molar-refractivity contribution in [3.8, 4) is 0 Å². The Morgan fingerprint density at radius 1 is 1.17 bits per heavy atom. The van der Waals surface area contributed by atoms with Crippen LogP contribution in [0.15, 0.2) is 46.2 Å². The van der Waals surface area contributed by atoms with Gasteiger partial charge in [-0.3, -0.25) is 0 Å². The monoisotopic (exact) mass is 262 g/mol. The molecule has 0 aliphatic rings. The van der Waals surface area contributed by atoms with Crippen molar-refractivity contribution in [2.24, 2.45) is 0 Å². The Balaban J connectivity index is 2.39. The van der Waals surface area contributed by atoms with Gasteiger partial charge in [-0.1, -0.05) is 41.6 Å². The third-order valence-corrected chi connectivity index (χ3v) is 4.10. The molecule has 1 N–H and O–H groups in total. The van der Waals surface area contributed by atoms with Gasteiger partial charge in [-0.05, 0) is 37.1 Å². The second-order valence-corrected chi connectivity index (χ2v) is 5.31. The van der Waals surface area contributed by atoms with Gasteiger partial charge in [0.1, 0.15) is 5.82 Å². The highest BCUT2D eigenvalue weighted by molar-refractivity contribution is 7.99. The first kappa shape index (κ1) is 13.1. The Bertz CT molecular complexity index is 566. The number of hydrogen-bond donors (Lipinski definition) is 1. The van der Waals surface area contributed by atoms with Crippen molar-refractivity contribution in [3.05, 3.63) is 58.9 Å². The minimum atomic E-state index is -0.286. The summed E-state index contributed by atoms with van der Waals surface area (Å²) < 4.78 is 13.8. The van der Waals surface area contributed by atoms with Crippen LogP contribution in [0.25, 0.3) is 0 Å². The van der Waals surface area contributed by atoms with Crippen LogP contribution in [0.1, 0.15) is 16.7 Å². The van der Waals surface area contributed by atoms with Crippen LogP contribution < -0.4 is 0 Å². The lowest BCUT2D eigenvalue weighted by Crippen LogP contribution is -1.92. The maximum atomic E-state index is 13.8. The lowest BCUT2D eigenvalue weighted by atomic mass is 10.2. The molecule has 0 aromatic heterocycles. The lowest BCUT2D eigenvalue weighted by Gasteiger charge is -2.10. The predicted octanol–water partition coefficient (Wildman–Crippen LogP) is 4.09. The van der Waals surface area contributed by atoms with Gasteiger partial charge in [-0.2, -0.15) is 0 Å². The van der Waals surface area contributed by atoms with Crippen molar-refractivity contribution in [2.75, 3.05) is 0 Å². The van der Waals surface area contributed by atoms with Crippen LogP contribution >= 0.6 is 11.8 Å². The van der Waals surface area contributed by atoms with Gasteiger partial charge in [0.25, 0.3) is 0 Å². The molecule has 0 spiro atoms. The smallest absolute Gasteiger partial charge is 0.137 e. The molecule has 0 aliphatic heterocycles. The number of aliphatic hydroxyl groups excluding tert-OH is 1. The summed E-state index contributed by atoms with van der Waals surface area (Å²) in [6.07, 6.45) is 0. The van der Waals surface area contributed by atoms with E-state index in [4.69, 9.17) is 0 Å². The topological polar surface area (TPSA) is 20.2 Å². The minimum absolute atomic E-state index is 0.148. The highest BCUT2D eigenvalue weighted by atomic mass is 32.2. The number of aliphatic hydroxyl groups is 1. The summed E-state index contributed by atoms with van der Waals surface area (Å²) in [4.78, 5) is 1.52. The zero-order valence-corrected chi connectivity index (χ0v) is 11.2. The van der Waals surface area contributed by atoms with Crippen LogP contribution in [0.2, 0.25) is 0 Å². The molecule has 18 heavy (non-hydrogen) atoms. The lowest BCUT2D eigenvalue weighted by molar-refractivity contribution is 0.277. The van der Waals surface area contributed by atoms with E-state index in [1.54, 1.807) is 12.1 Å². The van der Waals surface area contributed by atoms with Gasteiger partial charge in [-0.25, -0.2) is 4.39 Å². The molecule has 2 aromatic carbocycles. The molecular formula is C15H15FOS. The predicted molar refractivity (Wildman–Crippen MR) is 72.4 cm³/mol. The van der Waals surface area contributed by atoms with Crippen LogP contribution in [-0.4, -0.2) is 5.11 Å². The molecule has 1 nitrogen and oxygen atoms in total. The average molecular weight is 262 g/mol. The molecular weight excluding hydrogens is 247 g/mol. The highest BCUT2D eigenvalue weighted by Crippen LogP contribution is 2.34. The molecule has 0 bridgehead atoms. The Labute approximate surface area is 111 Å². The van der Waals surface area contributed by atoms with Gasteiger partial charge in [0, 0.05) is 4.90 Å². The summed E-state index contributed by atoms with van der Waals surface area (Å²) in [6.45, 7) is 3.89. The Morgan fingerprint density at radius 2 is 1.94 bits per heavy atom. The van der Waals surface area contributed by atoms with E-state index in [9.17, 15) is 9.50 Å². The molecule has 0 fully saturated rings. The average Bonchev–Trinajstić information content (AvgIpc) is 2.34. The van der Waals surface area contributed by atoms with E-state index in [1.165, 1.54) is 23.4 Å². The molecule has 0 amide bonds. The van der Waals surface area contributed by atoms with Crippen LogP contribution in [0.5, 0.6) is 0 Å².